The molecule has 1 amide bonds. The topological polar surface area (TPSA) is 56.1 Å². The van der Waals surface area contributed by atoms with Gasteiger partial charge in [-0.3, -0.25) is 4.79 Å². The molecule has 0 radical (unpaired) electrons. The number of halogens is 2. The van der Waals surface area contributed by atoms with Crippen LogP contribution in [0.25, 0.3) is 5.69 Å². The van der Waals surface area contributed by atoms with Crippen molar-refractivity contribution < 1.29 is 9.53 Å². The molecule has 128 valence electrons. The highest BCUT2D eigenvalue weighted by Gasteiger charge is 2.06. The van der Waals surface area contributed by atoms with Gasteiger partial charge in [-0.1, -0.05) is 23.7 Å². The highest BCUT2D eigenvalue weighted by Crippen LogP contribution is 2.27. The van der Waals surface area contributed by atoms with Crippen LogP contribution in [0.15, 0.2) is 65.7 Å². The molecule has 0 aliphatic carbocycles. The van der Waals surface area contributed by atoms with Gasteiger partial charge < -0.3 is 14.6 Å². The Morgan fingerprint density at radius 2 is 2.04 bits per heavy atom. The van der Waals surface area contributed by atoms with Crippen molar-refractivity contribution >= 4 is 33.4 Å². The summed E-state index contributed by atoms with van der Waals surface area (Å²) in [4.78, 5) is 16.0. The molecule has 0 saturated carbocycles. The lowest BCUT2D eigenvalue weighted by Crippen LogP contribution is -2.28. The smallest absolute Gasteiger partial charge is 0.258 e. The second kappa shape index (κ2) is 8.18. The summed E-state index contributed by atoms with van der Waals surface area (Å²) in [5, 5.41) is 3.43. The van der Waals surface area contributed by atoms with Crippen LogP contribution >= 0.6 is 27.5 Å². The van der Waals surface area contributed by atoms with Crippen molar-refractivity contribution in [3.8, 4) is 11.4 Å². The van der Waals surface area contributed by atoms with Gasteiger partial charge in [-0.05, 0) is 51.8 Å². The van der Waals surface area contributed by atoms with Crippen molar-refractivity contribution in [1.29, 1.82) is 0 Å². The predicted molar refractivity (Wildman–Crippen MR) is 100 cm³/mol. The highest BCUT2D eigenvalue weighted by molar-refractivity contribution is 9.10. The molecule has 0 aliphatic rings. The zero-order chi connectivity index (χ0) is 17.6. The molecule has 5 nitrogen and oxygen atoms in total. The van der Waals surface area contributed by atoms with Crippen molar-refractivity contribution in [3.05, 3.63) is 76.2 Å². The van der Waals surface area contributed by atoms with Crippen LogP contribution in [-0.2, 0) is 11.3 Å². The third kappa shape index (κ3) is 4.84. The van der Waals surface area contributed by atoms with E-state index in [1.54, 1.807) is 30.7 Å². The number of amides is 1. The number of aromatic nitrogens is 2. The van der Waals surface area contributed by atoms with Crippen LogP contribution in [0.1, 0.15) is 5.56 Å². The molecule has 0 saturated heterocycles. The van der Waals surface area contributed by atoms with Crippen LogP contribution in [0.4, 0.5) is 0 Å². The zero-order valence-electron chi connectivity index (χ0n) is 13.2. The van der Waals surface area contributed by atoms with Crippen LogP contribution in [-0.4, -0.2) is 22.1 Å². The average Bonchev–Trinajstić information content (AvgIpc) is 3.14. The molecule has 25 heavy (non-hydrogen) atoms. The molecule has 3 rings (SSSR count). The number of carbonyl (C=O) groups excluding carboxylic acids is 1. The Morgan fingerprint density at radius 3 is 2.72 bits per heavy atom. The fraction of sp³-hybridized carbons (Fsp3) is 0.111. The van der Waals surface area contributed by atoms with Crippen LogP contribution in [0.2, 0.25) is 5.02 Å². The summed E-state index contributed by atoms with van der Waals surface area (Å²) < 4.78 is 8.11. The number of nitrogens with one attached hydrogen (secondary N) is 1. The molecule has 0 aliphatic heterocycles. The molecule has 1 aromatic heterocycles. The SMILES string of the molecule is O=C(COc1ccc(Cl)cc1Br)NCc1ccc(-n2ccnc2)cc1. The predicted octanol–water partition coefficient (Wildman–Crippen LogP) is 3.98. The second-order valence-electron chi connectivity index (χ2n) is 5.28. The van der Waals surface area contributed by atoms with E-state index in [4.69, 9.17) is 16.3 Å². The Hall–Kier alpha value is -2.31. The minimum absolute atomic E-state index is 0.0622. The summed E-state index contributed by atoms with van der Waals surface area (Å²) in [6.45, 7) is 0.377. The van der Waals surface area contributed by atoms with Gasteiger partial charge in [0.25, 0.3) is 5.91 Å². The van der Waals surface area contributed by atoms with Crippen molar-refractivity contribution in [2.75, 3.05) is 6.61 Å². The van der Waals surface area contributed by atoms with Gasteiger partial charge in [-0.2, -0.15) is 0 Å². The lowest BCUT2D eigenvalue weighted by molar-refractivity contribution is -0.123. The Balaban J connectivity index is 1.49. The third-order valence-corrected chi connectivity index (χ3v) is 4.34. The standard InChI is InChI=1S/C18H15BrClN3O2/c19-16-9-14(20)3-6-17(16)25-11-18(24)22-10-13-1-4-15(5-2-13)23-8-7-21-12-23/h1-9,12H,10-11H2,(H,22,24). The normalized spacial score (nSPS) is 10.5. The second-order valence-corrected chi connectivity index (χ2v) is 6.57. The Kier molecular flexibility index (Phi) is 5.73. The van der Waals surface area contributed by atoms with Crippen LogP contribution in [0.3, 0.4) is 0 Å². The minimum Gasteiger partial charge on any atom is -0.483 e. The number of hydrogen-bond donors (Lipinski definition) is 1. The molecule has 1 heterocycles. The van der Waals surface area contributed by atoms with E-state index < -0.39 is 0 Å². The summed E-state index contributed by atoms with van der Waals surface area (Å²) in [6, 6.07) is 13.0. The van der Waals surface area contributed by atoms with Gasteiger partial charge in [-0.15, -0.1) is 0 Å². The number of hydrogen-bond acceptors (Lipinski definition) is 3. The van der Waals surface area contributed by atoms with Crippen molar-refractivity contribution in [2.45, 2.75) is 6.54 Å². The molecule has 1 N–H and O–H groups in total. The molecule has 0 atom stereocenters. The maximum absolute atomic E-state index is 11.9. The monoisotopic (exact) mass is 419 g/mol. The maximum Gasteiger partial charge on any atom is 0.258 e. The number of rotatable bonds is 6. The Bertz CT molecular complexity index is 851. The fourth-order valence-corrected chi connectivity index (χ4v) is 2.98. The molecule has 2 aromatic carbocycles. The number of benzene rings is 2. The van der Waals surface area contributed by atoms with Gasteiger partial charge in [0.2, 0.25) is 0 Å². The van der Waals surface area contributed by atoms with Crippen molar-refractivity contribution in [1.82, 2.24) is 14.9 Å². The summed E-state index contributed by atoms with van der Waals surface area (Å²) in [6.07, 6.45) is 5.35. The minimum atomic E-state index is -0.194. The molecule has 0 spiro atoms. The van der Waals surface area contributed by atoms with E-state index in [0.29, 0.717) is 21.8 Å². The first kappa shape index (κ1) is 17.5. The molecule has 0 unspecified atom stereocenters. The van der Waals surface area contributed by atoms with Gasteiger partial charge in [0.15, 0.2) is 6.61 Å². The third-order valence-electron chi connectivity index (χ3n) is 3.48. The zero-order valence-corrected chi connectivity index (χ0v) is 15.5. The van der Waals surface area contributed by atoms with E-state index in [0.717, 1.165) is 11.3 Å². The largest absolute Gasteiger partial charge is 0.483 e. The maximum atomic E-state index is 11.9. The van der Waals surface area contributed by atoms with E-state index in [-0.39, 0.29) is 12.5 Å². The molecular weight excluding hydrogens is 406 g/mol. The number of carbonyl (C=O) groups is 1. The highest BCUT2D eigenvalue weighted by atomic mass is 79.9. The van der Waals surface area contributed by atoms with E-state index in [1.807, 2.05) is 35.0 Å². The van der Waals surface area contributed by atoms with Crippen LogP contribution in [0.5, 0.6) is 5.75 Å². The summed E-state index contributed by atoms with van der Waals surface area (Å²) >= 11 is 9.22. The quantitative estimate of drug-likeness (QED) is 0.656. The van der Waals surface area contributed by atoms with E-state index in [9.17, 15) is 4.79 Å². The number of ether oxygens (including phenoxy) is 1. The Labute approximate surface area is 158 Å². The number of imidazole rings is 1. The van der Waals surface area contributed by atoms with E-state index >= 15 is 0 Å². The molecular formula is C18H15BrClN3O2. The first-order valence-corrected chi connectivity index (χ1v) is 8.71. The van der Waals surface area contributed by atoms with Crippen LogP contribution < -0.4 is 10.1 Å². The van der Waals surface area contributed by atoms with Crippen molar-refractivity contribution in [2.24, 2.45) is 0 Å². The van der Waals surface area contributed by atoms with Gasteiger partial charge in [0.1, 0.15) is 5.75 Å². The molecule has 7 heteroatoms. The van der Waals surface area contributed by atoms with E-state index in [2.05, 4.69) is 26.2 Å². The van der Waals surface area contributed by atoms with Crippen LogP contribution in [0, 0.1) is 0 Å². The molecule has 3 aromatic rings. The van der Waals surface area contributed by atoms with Gasteiger partial charge in [-0.25, -0.2) is 4.98 Å². The van der Waals surface area contributed by atoms with Crippen molar-refractivity contribution in [3.63, 3.8) is 0 Å². The number of nitrogens with zero attached hydrogens (tertiary/aromatic N) is 2. The van der Waals surface area contributed by atoms with E-state index in [1.165, 1.54) is 0 Å². The Morgan fingerprint density at radius 1 is 1.24 bits per heavy atom. The average molecular weight is 421 g/mol. The molecule has 0 bridgehead atoms. The lowest BCUT2D eigenvalue weighted by Gasteiger charge is -2.10. The molecule has 0 fully saturated rings. The first-order valence-electron chi connectivity index (χ1n) is 7.53. The van der Waals surface area contributed by atoms with Gasteiger partial charge in [0.05, 0.1) is 10.8 Å². The van der Waals surface area contributed by atoms with Gasteiger partial charge >= 0.3 is 0 Å². The fourth-order valence-electron chi connectivity index (χ4n) is 2.19. The van der Waals surface area contributed by atoms with Gasteiger partial charge in [0, 0.05) is 29.6 Å². The summed E-state index contributed by atoms with van der Waals surface area (Å²) in [5.41, 5.74) is 2.02. The first-order chi connectivity index (χ1) is 12.1. The lowest BCUT2D eigenvalue weighted by atomic mass is 10.2. The summed E-state index contributed by atoms with van der Waals surface area (Å²) in [5.74, 6) is 0.379. The summed E-state index contributed by atoms with van der Waals surface area (Å²) in [7, 11) is 0.